The Bertz CT molecular complexity index is 638. The molecule has 0 aromatic heterocycles. The van der Waals surface area contributed by atoms with Crippen molar-refractivity contribution in [3.05, 3.63) is 22.2 Å². The van der Waals surface area contributed by atoms with Gasteiger partial charge < -0.3 is 16.0 Å². The normalized spacial score (nSPS) is 14.1. The van der Waals surface area contributed by atoms with Crippen molar-refractivity contribution >= 4 is 57.6 Å². The number of imide groups is 1. The number of nitrogen functional groups attached to an aromatic ring is 1. The number of halogens is 2. The molecule has 4 amide bonds. The molecule has 9 heteroatoms. The molecule has 0 spiro atoms. The Kier molecular flexibility index (Phi) is 5.78. The molecular weight excluding hydrogens is 376 g/mol. The molecule has 1 saturated heterocycles. The fraction of sp³-hybridized carbons (Fsp3) is 0.308. The minimum atomic E-state index is -0.478. The number of anilines is 2. The largest absolute Gasteiger partial charge is 0.397 e. The van der Waals surface area contributed by atoms with Crippen LogP contribution in [-0.2, 0) is 9.59 Å². The fourth-order valence-electron chi connectivity index (χ4n) is 2.02. The Hall–Kier alpha value is -1.80. The highest BCUT2D eigenvalue weighted by molar-refractivity contribution is 9.10. The van der Waals surface area contributed by atoms with E-state index in [2.05, 4.69) is 21.2 Å². The molecule has 120 valence electrons. The Labute approximate surface area is 142 Å². The third-order valence-corrected chi connectivity index (χ3v) is 3.62. The molecule has 2 rings (SSSR count). The van der Waals surface area contributed by atoms with E-state index in [0.29, 0.717) is 11.4 Å². The first-order chi connectivity index (χ1) is 9.79. The molecule has 0 aliphatic carbocycles. The van der Waals surface area contributed by atoms with Crippen molar-refractivity contribution in [3.8, 4) is 0 Å². The smallest absolute Gasteiger partial charge is 0.327 e. The number of nitrogens with one attached hydrogen (secondary N) is 1. The zero-order valence-corrected chi connectivity index (χ0v) is 14.5. The van der Waals surface area contributed by atoms with Gasteiger partial charge in [0.15, 0.2) is 0 Å². The quantitative estimate of drug-likeness (QED) is 0.604. The van der Waals surface area contributed by atoms with E-state index in [1.165, 1.54) is 11.9 Å². The maximum atomic E-state index is 12.0. The van der Waals surface area contributed by atoms with E-state index in [1.54, 1.807) is 6.07 Å². The van der Waals surface area contributed by atoms with E-state index < -0.39 is 17.8 Å². The van der Waals surface area contributed by atoms with E-state index in [4.69, 9.17) is 5.73 Å². The van der Waals surface area contributed by atoms with Crippen LogP contribution in [0.2, 0.25) is 0 Å². The monoisotopic (exact) mass is 390 g/mol. The lowest BCUT2D eigenvalue weighted by atomic mass is 10.1. The first-order valence-corrected chi connectivity index (χ1v) is 7.00. The molecular formula is C13H16BrClN4O3. The Morgan fingerprint density at radius 3 is 2.59 bits per heavy atom. The topological polar surface area (TPSA) is 95.7 Å². The summed E-state index contributed by atoms with van der Waals surface area (Å²) in [5.74, 6) is -0.868. The van der Waals surface area contributed by atoms with E-state index in [1.807, 2.05) is 13.0 Å². The summed E-state index contributed by atoms with van der Waals surface area (Å²) in [6.45, 7) is 1.48. The lowest BCUT2D eigenvalue weighted by Gasteiger charge is -2.15. The number of likely N-dealkylation sites (N-methyl/N-ethyl adjacent to an activating group) is 1. The van der Waals surface area contributed by atoms with Crippen LogP contribution in [-0.4, -0.2) is 47.8 Å². The van der Waals surface area contributed by atoms with Crippen molar-refractivity contribution in [2.24, 2.45) is 0 Å². The van der Waals surface area contributed by atoms with Crippen LogP contribution >= 0.6 is 28.3 Å². The van der Waals surface area contributed by atoms with Gasteiger partial charge in [-0.2, -0.15) is 0 Å². The first kappa shape index (κ1) is 18.2. The molecule has 1 aromatic rings. The molecule has 1 heterocycles. The molecule has 3 N–H and O–H groups in total. The number of urea groups is 1. The van der Waals surface area contributed by atoms with Gasteiger partial charge in [-0.3, -0.25) is 14.5 Å². The van der Waals surface area contributed by atoms with Crippen LogP contribution in [0, 0.1) is 6.92 Å². The van der Waals surface area contributed by atoms with Gasteiger partial charge in [0.25, 0.3) is 5.91 Å². The predicted octanol–water partition coefficient (Wildman–Crippen LogP) is 1.59. The summed E-state index contributed by atoms with van der Waals surface area (Å²) < 4.78 is 0.776. The molecule has 0 atom stereocenters. The fourth-order valence-corrected chi connectivity index (χ4v) is 2.59. The van der Waals surface area contributed by atoms with Crippen LogP contribution in [0.25, 0.3) is 0 Å². The zero-order valence-electron chi connectivity index (χ0n) is 12.1. The summed E-state index contributed by atoms with van der Waals surface area (Å²) in [5, 5.41) is 2.62. The molecule has 1 aliphatic heterocycles. The minimum Gasteiger partial charge on any atom is -0.397 e. The lowest BCUT2D eigenvalue weighted by Crippen LogP contribution is -2.38. The second-order valence-electron chi connectivity index (χ2n) is 4.85. The lowest BCUT2D eigenvalue weighted by molar-refractivity contribution is -0.129. The van der Waals surface area contributed by atoms with Gasteiger partial charge in [0.05, 0.1) is 11.4 Å². The van der Waals surface area contributed by atoms with Gasteiger partial charge in [-0.1, -0.05) is 15.9 Å². The number of carbonyl (C=O) groups excluding carboxylic acids is 3. The first-order valence-electron chi connectivity index (χ1n) is 6.20. The molecule has 0 unspecified atom stereocenters. The number of amides is 4. The van der Waals surface area contributed by atoms with E-state index in [9.17, 15) is 14.4 Å². The molecule has 1 aromatic carbocycles. The molecule has 1 fully saturated rings. The zero-order chi connectivity index (χ0) is 15.7. The average molecular weight is 392 g/mol. The highest BCUT2D eigenvalue weighted by Gasteiger charge is 2.34. The summed E-state index contributed by atoms with van der Waals surface area (Å²) in [4.78, 5) is 37.5. The van der Waals surface area contributed by atoms with Crippen LogP contribution in [0.3, 0.4) is 0 Å². The summed E-state index contributed by atoms with van der Waals surface area (Å²) >= 11 is 3.32. The van der Waals surface area contributed by atoms with Crippen molar-refractivity contribution in [3.63, 3.8) is 0 Å². The Morgan fingerprint density at radius 2 is 2.05 bits per heavy atom. The van der Waals surface area contributed by atoms with E-state index in [-0.39, 0.29) is 25.5 Å². The van der Waals surface area contributed by atoms with Gasteiger partial charge in [0, 0.05) is 11.5 Å². The highest BCUT2D eigenvalue weighted by atomic mass is 79.9. The number of carbonyl (C=O) groups is 3. The molecule has 0 saturated carbocycles. The van der Waals surface area contributed by atoms with Crippen molar-refractivity contribution in [2.75, 3.05) is 31.2 Å². The van der Waals surface area contributed by atoms with Crippen molar-refractivity contribution < 1.29 is 14.4 Å². The van der Waals surface area contributed by atoms with Crippen molar-refractivity contribution in [2.45, 2.75) is 6.92 Å². The standard InChI is InChI=1S/C13H15BrN4O3.ClH/c1-7-3-8(14)4-9(12(7)15)16-10(19)5-18-11(20)6-17(2)13(18)21;/h3-4H,5-6,15H2,1-2H3,(H,16,19);1H. The summed E-state index contributed by atoms with van der Waals surface area (Å²) in [6, 6.07) is 3.02. The van der Waals surface area contributed by atoms with Crippen LogP contribution in [0.5, 0.6) is 0 Å². The van der Waals surface area contributed by atoms with Gasteiger partial charge in [-0.05, 0) is 24.6 Å². The second kappa shape index (κ2) is 6.97. The maximum absolute atomic E-state index is 12.0. The highest BCUT2D eigenvalue weighted by Crippen LogP contribution is 2.27. The Morgan fingerprint density at radius 1 is 1.41 bits per heavy atom. The third kappa shape index (κ3) is 3.69. The van der Waals surface area contributed by atoms with Crippen LogP contribution in [0.4, 0.5) is 16.2 Å². The van der Waals surface area contributed by atoms with Crippen molar-refractivity contribution in [1.29, 1.82) is 0 Å². The number of benzene rings is 1. The third-order valence-electron chi connectivity index (χ3n) is 3.16. The molecule has 0 bridgehead atoms. The van der Waals surface area contributed by atoms with Gasteiger partial charge in [-0.25, -0.2) is 4.79 Å². The summed E-state index contributed by atoms with van der Waals surface area (Å²) in [5.41, 5.74) is 7.60. The number of aryl methyl sites for hydroxylation is 1. The van der Waals surface area contributed by atoms with Gasteiger partial charge in [0.1, 0.15) is 13.1 Å². The molecule has 0 radical (unpaired) electrons. The number of rotatable bonds is 3. The molecule has 1 aliphatic rings. The molecule has 22 heavy (non-hydrogen) atoms. The van der Waals surface area contributed by atoms with Crippen molar-refractivity contribution in [1.82, 2.24) is 9.80 Å². The van der Waals surface area contributed by atoms with Gasteiger partial charge in [-0.15, -0.1) is 12.4 Å². The predicted molar refractivity (Wildman–Crippen MR) is 88.9 cm³/mol. The van der Waals surface area contributed by atoms with Crippen LogP contribution < -0.4 is 11.1 Å². The average Bonchev–Trinajstić information content (AvgIpc) is 2.62. The van der Waals surface area contributed by atoms with Gasteiger partial charge >= 0.3 is 6.03 Å². The summed E-state index contributed by atoms with van der Waals surface area (Å²) in [7, 11) is 1.51. The number of hydrogen-bond acceptors (Lipinski definition) is 4. The van der Waals surface area contributed by atoms with Gasteiger partial charge in [0.2, 0.25) is 5.91 Å². The summed E-state index contributed by atoms with van der Waals surface area (Å²) in [6.07, 6.45) is 0. The second-order valence-corrected chi connectivity index (χ2v) is 5.77. The number of hydrogen-bond donors (Lipinski definition) is 2. The Balaban J connectivity index is 0.00000242. The number of nitrogens with zero attached hydrogens (tertiary/aromatic N) is 2. The maximum Gasteiger partial charge on any atom is 0.327 e. The number of nitrogens with two attached hydrogens (primary N) is 1. The SMILES string of the molecule is Cc1cc(Br)cc(NC(=O)CN2C(=O)CN(C)C2=O)c1N.Cl. The van der Waals surface area contributed by atoms with Crippen LogP contribution in [0.1, 0.15) is 5.56 Å². The van der Waals surface area contributed by atoms with Crippen LogP contribution in [0.15, 0.2) is 16.6 Å². The minimum absolute atomic E-state index is 0. The molecule has 7 nitrogen and oxygen atoms in total. The van der Waals surface area contributed by atoms with E-state index in [0.717, 1.165) is 14.9 Å². The van der Waals surface area contributed by atoms with E-state index >= 15 is 0 Å².